The molecule has 3 rings (SSSR count). The highest BCUT2D eigenvalue weighted by Gasteiger charge is 2.37. The SMILES string of the molecule is COc1ccc(N(C(=O)c2snc(C(N)=O)c2N)C(C(=O)NC(C)(C)C)c2ccc(F)cc2)cc1OC. The van der Waals surface area contributed by atoms with Gasteiger partial charge in [-0.25, -0.2) is 4.39 Å². The van der Waals surface area contributed by atoms with Crippen LogP contribution in [0.3, 0.4) is 0 Å². The van der Waals surface area contributed by atoms with Gasteiger partial charge in [0.25, 0.3) is 11.8 Å². The van der Waals surface area contributed by atoms with Crippen LogP contribution in [0.15, 0.2) is 42.5 Å². The van der Waals surface area contributed by atoms with E-state index in [1.807, 2.05) is 0 Å². The lowest BCUT2D eigenvalue weighted by Crippen LogP contribution is -2.49. The highest BCUT2D eigenvalue weighted by Crippen LogP contribution is 2.38. The van der Waals surface area contributed by atoms with Crippen molar-refractivity contribution in [1.82, 2.24) is 9.69 Å². The second kappa shape index (κ2) is 10.8. The van der Waals surface area contributed by atoms with E-state index in [1.54, 1.807) is 32.9 Å². The molecular formula is C25H28FN5O5S. The van der Waals surface area contributed by atoms with Gasteiger partial charge in [-0.05, 0) is 62.1 Å². The average molecular weight is 530 g/mol. The van der Waals surface area contributed by atoms with Crippen molar-refractivity contribution in [2.24, 2.45) is 5.73 Å². The van der Waals surface area contributed by atoms with Gasteiger partial charge in [0, 0.05) is 17.3 Å². The van der Waals surface area contributed by atoms with Gasteiger partial charge in [0.05, 0.1) is 19.9 Å². The van der Waals surface area contributed by atoms with Crippen molar-refractivity contribution < 1.29 is 28.2 Å². The van der Waals surface area contributed by atoms with E-state index in [2.05, 4.69) is 9.69 Å². The molecule has 0 radical (unpaired) electrons. The van der Waals surface area contributed by atoms with Gasteiger partial charge < -0.3 is 26.3 Å². The molecule has 0 fully saturated rings. The van der Waals surface area contributed by atoms with Crippen LogP contribution in [0.1, 0.15) is 52.5 Å². The Hall–Kier alpha value is -4.19. The standard InChI is InChI=1S/C25H28FN5O5S/c1-25(2,3)29-23(33)20(13-6-8-14(26)9-7-13)31(15-10-11-16(35-4)17(12-15)36-5)24(34)21-18(27)19(22(28)32)30-37-21/h6-12,20H,27H2,1-5H3,(H2,28,32)(H,29,33). The van der Waals surface area contributed by atoms with Gasteiger partial charge in [0.2, 0.25) is 5.91 Å². The third-order valence-corrected chi connectivity index (χ3v) is 6.06. The van der Waals surface area contributed by atoms with Crippen molar-refractivity contribution in [3.8, 4) is 11.5 Å². The summed E-state index contributed by atoms with van der Waals surface area (Å²) < 4.78 is 28.4. The zero-order valence-electron chi connectivity index (χ0n) is 21.0. The molecule has 5 N–H and O–H groups in total. The van der Waals surface area contributed by atoms with E-state index in [9.17, 15) is 18.8 Å². The number of nitrogen functional groups attached to an aromatic ring is 1. The molecule has 3 aromatic rings. The molecule has 0 aliphatic heterocycles. The van der Waals surface area contributed by atoms with Crippen LogP contribution in [0.25, 0.3) is 0 Å². The van der Waals surface area contributed by atoms with Gasteiger partial charge in [-0.15, -0.1) is 0 Å². The summed E-state index contributed by atoms with van der Waals surface area (Å²) in [5.41, 5.74) is 10.9. The molecule has 1 unspecified atom stereocenters. The van der Waals surface area contributed by atoms with Crippen LogP contribution in [0.2, 0.25) is 0 Å². The van der Waals surface area contributed by atoms with E-state index in [0.717, 1.165) is 0 Å². The maximum atomic E-state index is 14.0. The number of primary amides is 1. The summed E-state index contributed by atoms with van der Waals surface area (Å²) in [5, 5.41) is 2.88. The first-order valence-electron chi connectivity index (χ1n) is 11.1. The Labute approximate surface area is 217 Å². The van der Waals surface area contributed by atoms with Crippen molar-refractivity contribution in [2.75, 3.05) is 24.9 Å². The molecule has 0 saturated heterocycles. The molecule has 37 heavy (non-hydrogen) atoms. The minimum Gasteiger partial charge on any atom is -0.493 e. The topological polar surface area (TPSA) is 150 Å². The van der Waals surface area contributed by atoms with Crippen LogP contribution in [-0.4, -0.2) is 41.9 Å². The summed E-state index contributed by atoms with van der Waals surface area (Å²) in [4.78, 5) is 40.6. The lowest BCUT2D eigenvalue weighted by atomic mass is 10.00. The normalized spacial score (nSPS) is 11.9. The van der Waals surface area contributed by atoms with Gasteiger partial charge in [-0.1, -0.05) is 12.1 Å². The number of anilines is 2. The highest BCUT2D eigenvalue weighted by molar-refractivity contribution is 7.09. The second-order valence-electron chi connectivity index (χ2n) is 9.05. The van der Waals surface area contributed by atoms with E-state index in [0.29, 0.717) is 28.6 Å². The lowest BCUT2D eigenvalue weighted by Gasteiger charge is -2.34. The summed E-state index contributed by atoms with van der Waals surface area (Å²) in [5.74, 6) is -1.99. The Morgan fingerprint density at radius 2 is 1.68 bits per heavy atom. The van der Waals surface area contributed by atoms with Crippen molar-refractivity contribution in [1.29, 1.82) is 0 Å². The molecule has 0 aliphatic carbocycles. The lowest BCUT2D eigenvalue weighted by molar-refractivity contribution is -0.123. The smallest absolute Gasteiger partial charge is 0.273 e. The number of hydrogen-bond acceptors (Lipinski definition) is 8. The summed E-state index contributed by atoms with van der Waals surface area (Å²) in [6.45, 7) is 5.36. The fourth-order valence-electron chi connectivity index (χ4n) is 3.60. The number of benzene rings is 2. The predicted molar refractivity (Wildman–Crippen MR) is 138 cm³/mol. The molecule has 1 heterocycles. The van der Waals surface area contributed by atoms with Crippen LogP contribution >= 0.6 is 11.5 Å². The first kappa shape index (κ1) is 27.4. The molecule has 0 bridgehead atoms. The van der Waals surface area contributed by atoms with Crippen molar-refractivity contribution >= 4 is 40.6 Å². The summed E-state index contributed by atoms with van der Waals surface area (Å²) >= 11 is 0.678. The van der Waals surface area contributed by atoms with E-state index in [-0.39, 0.29) is 21.9 Å². The molecule has 0 spiro atoms. The fraction of sp³-hybridized carbons (Fsp3) is 0.280. The monoisotopic (exact) mass is 529 g/mol. The van der Waals surface area contributed by atoms with Crippen molar-refractivity contribution in [3.63, 3.8) is 0 Å². The predicted octanol–water partition coefficient (Wildman–Crippen LogP) is 3.28. The maximum Gasteiger partial charge on any atom is 0.273 e. The molecule has 0 aliphatic rings. The number of ether oxygens (including phenoxy) is 2. The first-order chi connectivity index (χ1) is 17.4. The number of hydrogen-bond donors (Lipinski definition) is 3. The van der Waals surface area contributed by atoms with E-state index < -0.39 is 35.1 Å². The molecule has 2 aromatic carbocycles. The fourth-order valence-corrected chi connectivity index (χ4v) is 4.34. The van der Waals surface area contributed by atoms with Crippen LogP contribution < -0.4 is 31.2 Å². The van der Waals surface area contributed by atoms with Gasteiger partial charge >= 0.3 is 0 Å². The number of halogens is 1. The number of methoxy groups -OCH3 is 2. The minimum atomic E-state index is -1.27. The molecule has 196 valence electrons. The number of carbonyl (C=O) groups is 3. The Morgan fingerprint density at radius 1 is 1.05 bits per heavy atom. The zero-order valence-corrected chi connectivity index (χ0v) is 21.8. The number of nitrogens with one attached hydrogen (secondary N) is 1. The third kappa shape index (κ3) is 5.97. The number of carbonyl (C=O) groups excluding carboxylic acids is 3. The molecule has 0 saturated carbocycles. The van der Waals surface area contributed by atoms with Crippen molar-refractivity contribution in [2.45, 2.75) is 32.4 Å². The van der Waals surface area contributed by atoms with Crippen LogP contribution in [0.5, 0.6) is 11.5 Å². The van der Waals surface area contributed by atoms with Crippen LogP contribution in [0.4, 0.5) is 15.8 Å². The molecule has 12 heteroatoms. The second-order valence-corrected chi connectivity index (χ2v) is 9.82. The number of nitrogens with zero attached hydrogens (tertiary/aromatic N) is 2. The maximum absolute atomic E-state index is 14.0. The van der Waals surface area contributed by atoms with Crippen LogP contribution in [-0.2, 0) is 4.79 Å². The third-order valence-electron chi connectivity index (χ3n) is 5.21. The summed E-state index contributed by atoms with van der Waals surface area (Å²) in [6.07, 6.45) is 0. The largest absolute Gasteiger partial charge is 0.493 e. The molecule has 3 amide bonds. The van der Waals surface area contributed by atoms with E-state index >= 15 is 0 Å². The zero-order chi connectivity index (χ0) is 27.5. The Bertz CT molecular complexity index is 1320. The number of nitrogens with two attached hydrogens (primary N) is 2. The Morgan fingerprint density at radius 3 is 2.19 bits per heavy atom. The molecule has 1 atom stereocenters. The average Bonchev–Trinajstić information content (AvgIpc) is 3.22. The molecule has 1 aromatic heterocycles. The van der Waals surface area contributed by atoms with Gasteiger partial charge in [-0.3, -0.25) is 19.3 Å². The summed E-state index contributed by atoms with van der Waals surface area (Å²) in [7, 11) is 2.89. The quantitative estimate of drug-likeness (QED) is 0.405. The number of aromatic nitrogens is 1. The summed E-state index contributed by atoms with van der Waals surface area (Å²) in [6, 6.07) is 8.58. The van der Waals surface area contributed by atoms with Gasteiger partial charge in [0.15, 0.2) is 17.2 Å². The van der Waals surface area contributed by atoms with E-state index in [4.69, 9.17) is 20.9 Å². The van der Waals surface area contributed by atoms with Crippen LogP contribution in [0, 0.1) is 5.82 Å². The molecular weight excluding hydrogens is 501 g/mol. The first-order valence-corrected chi connectivity index (χ1v) is 11.8. The highest BCUT2D eigenvalue weighted by atomic mass is 32.1. The number of amides is 3. The van der Waals surface area contributed by atoms with Crippen molar-refractivity contribution in [3.05, 3.63) is 64.4 Å². The number of rotatable bonds is 8. The van der Waals surface area contributed by atoms with Gasteiger partial charge in [-0.2, -0.15) is 4.37 Å². The minimum absolute atomic E-state index is 0.0979. The van der Waals surface area contributed by atoms with E-state index in [1.165, 1.54) is 49.5 Å². The molecule has 10 nitrogen and oxygen atoms in total. The Balaban J connectivity index is 2.29. The van der Waals surface area contributed by atoms with Gasteiger partial charge in [0.1, 0.15) is 16.7 Å². The Kier molecular flexibility index (Phi) is 8.02.